The van der Waals surface area contributed by atoms with Gasteiger partial charge in [0.1, 0.15) is 0 Å². The maximum absolute atomic E-state index is 13.9. The second-order valence-corrected chi connectivity index (χ2v) is 14.1. The molecular weight excluding hydrogens is 651 g/mol. The van der Waals surface area contributed by atoms with E-state index < -0.39 is 17.9 Å². The number of esters is 2. The Hall–Kier alpha value is -3.37. The lowest BCUT2D eigenvalue weighted by Gasteiger charge is -2.53. The fraction of sp³-hybridized carbons (Fsp3) is 0.486. The molecule has 256 valence electrons. The Morgan fingerprint density at radius 3 is 2.04 bits per heavy atom. The van der Waals surface area contributed by atoms with Crippen molar-refractivity contribution in [3.8, 4) is 0 Å². The first-order valence-electron chi connectivity index (χ1n) is 16.8. The van der Waals surface area contributed by atoms with Crippen LogP contribution in [0.1, 0.15) is 49.7 Å². The molecule has 0 spiro atoms. The first-order chi connectivity index (χ1) is 23.2. The summed E-state index contributed by atoms with van der Waals surface area (Å²) in [5, 5.41) is 3.73. The fourth-order valence-corrected chi connectivity index (χ4v) is 9.06. The van der Waals surface area contributed by atoms with Crippen LogP contribution in [0.2, 0.25) is 10.0 Å². The molecule has 0 radical (unpaired) electrons. The fourth-order valence-electron chi connectivity index (χ4n) is 8.45. The standard InChI is InChI=1S/C37H44Cl2N4O5/c1-23-31(36(45)47-2)34(32-27(38)13-8-14-28(32)39)33(37(46)48-3)29(40-23)19-30(44)42-15-17-43(18-16-42)35-25-11-7-12-26(35)22-41(21-25)20-24-9-5-4-6-10-24/h4-6,8-10,13-14,25-26,34-35,40H,7,11-12,15-22H2,1-3H3. The lowest BCUT2D eigenvalue weighted by Crippen LogP contribution is -2.62. The molecule has 2 aromatic carbocycles. The van der Waals surface area contributed by atoms with Crippen LogP contribution >= 0.6 is 23.2 Å². The van der Waals surface area contributed by atoms with Crippen LogP contribution in [0.4, 0.5) is 0 Å². The summed E-state index contributed by atoms with van der Waals surface area (Å²) >= 11 is 13.3. The van der Waals surface area contributed by atoms with Crippen molar-refractivity contribution >= 4 is 41.0 Å². The van der Waals surface area contributed by atoms with Gasteiger partial charge in [-0.25, -0.2) is 9.59 Å². The van der Waals surface area contributed by atoms with E-state index in [0.717, 1.165) is 32.7 Å². The number of hydrogen-bond acceptors (Lipinski definition) is 8. The molecule has 3 aliphatic heterocycles. The molecule has 3 fully saturated rings. The number of amides is 1. The zero-order chi connectivity index (χ0) is 33.9. The van der Waals surface area contributed by atoms with Crippen LogP contribution in [0.25, 0.3) is 0 Å². The van der Waals surface area contributed by atoms with Gasteiger partial charge >= 0.3 is 11.9 Å². The van der Waals surface area contributed by atoms with E-state index in [1.165, 1.54) is 39.0 Å². The highest BCUT2D eigenvalue weighted by Gasteiger charge is 2.44. The average Bonchev–Trinajstić information content (AvgIpc) is 3.07. The third kappa shape index (κ3) is 7.01. The van der Waals surface area contributed by atoms with Gasteiger partial charge in [-0.15, -0.1) is 0 Å². The van der Waals surface area contributed by atoms with E-state index in [1.54, 1.807) is 25.1 Å². The van der Waals surface area contributed by atoms with Crippen molar-refractivity contribution in [2.75, 3.05) is 53.5 Å². The normalized spacial score (nSPS) is 25.1. The van der Waals surface area contributed by atoms with Gasteiger partial charge in [-0.05, 0) is 49.3 Å². The lowest BCUT2D eigenvalue weighted by molar-refractivity contribution is -0.137. The highest BCUT2D eigenvalue weighted by Crippen LogP contribution is 2.45. The second kappa shape index (κ2) is 15.0. The molecule has 3 atom stereocenters. The third-order valence-electron chi connectivity index (χ3n) is 10.5. The van der Waals surface area contributed by atoms with Crippen LogP contribution in [0.5, 0.6) is 0 Å². The molecule has 3 unspecified atom stereocenters. The number of fused-ring (bicyclic) bond motifs is 2. The van der Waals surface area contributed by atoms with Crippen molar-refractivity contribution in [2.24, 2.45) is 11.8 Å². The van der Waals surface area contributed by atoms with E-state index in [2.05, 4.69) is 45.4 Å². The van der Waals surface area contributed by atoms with Gasteiger partial charge in [0.25, 0.3) is 0 Å². The number of ether oxygens (including phenoxy) is 2. The van der Waals surface area contributed by atoms with Gasteiger partial charge in [0, 0.05) is 78.9 Å². The third-order valence-corrected chi connectivity index (χ3v) is 11.2. The Kier molecular flexibility index (Phi) is 10.8. The maximum Gasteiger partial charge on any atom is 0.336 e. The van der Waals surface area contributed by atoms with E-state index in [4.69, 9.17) is 32.7 Å². The highest BCUT2D eigenvalue weighted by atomic mass is 35.5. The molecule has 9 nitrogen and oxygen atoms in total. The molecule has 1 aliphatic carbocycles. The molecule has 2 bridgehead atoms. The van der Waals surface area contributed by atoms with Crippen molar-refractivity contribution in [3.63, 3.8) is 0 Å². The maximum atomic E-state index is 13.9. The monoisotopic (exact) mass is 694 g/mol. The van der Waals surface area contributed by atoms with Gasteiger partial charge in [-0.3, -0.25) is 14.6 Å². The van der Waals surface area contributed by atoms with Crippen molar-refractivity contribution in [2.45, 2.75) is 51.1 Å². The number of nitrogens with one attached hydrogen (secondary N) is 1. The predicted octanol–water partition coefficient (Wildman–Crippen LogP) is 5.39. The predicted molar refractivity (Wildman–Crippen MR) is 185 cm³/mol. The summed E-state index contributed by atoms with van der Waals surface area (Å²) in [6.07, 6.45) is 3.72. The number of benzene rings is 2. The van der Waals surface area contributed by atoms with Crippen LogP contribution in [0.15, 0.2) is 71.1 Å². The summed E-state index contributed by atoms with van der Waals surface area (Å²) in [6.45, 7) is 7.81. The SMILES string of the molecule is COC(=O)C1=C(C)NC(CC(=O)N2CCN(C3C4CCCC3CN(Cc3ccccc3)C4)CC2)=C(C(=O)OC)C1c1c(Cl)cccc1Cl. The van der Waals surface area contributed by atoms with Crippen molar-refractivity contribution in [1.29, 1.82) is 0 Å². The molecule has 11 heteroatoms. The molecule has 1 N–H and O–H groups in total. The van der Waals surface area contributed by atoms with Crippen molar-refractivity contribution in [3.05, 3.63) is 92.2 Å². The number of carbonyl (C=O) groups excluding carboxylic acids is 3. The summed E-state index contributed by atoms with van der Waals surface area (Å²) in [4.78, 5) is 47.5. The highest BCUT2D eigenvalue weighted by molar-refractivity contribution is 6.36. The Balaban J connectivity index is 1.17. The molecule has 4 aliphatic rings. The number of piperidine rings is 1. The summed E-state index contributed by atoms with van der Waals surface area (Å²) in [5.41, 5.74) is 2.85. The summed E-state index contributed by atoms with van der Waals surface area (Å²) < 4.78 is 10.3. The van der Waals surface area contributed by atoms with Crippen molar-refractivity contribution in [1.82, 2.24) is 20.0 Å². The van der Waals surface area contributed by atoms with E-state index in [-0.39, 0.29) is 33.5 Å². The largest absolute Gasteiger partial charge is 0.466 e. The van der Waals surface area contributed by atoms with Crippen LogP contribution in [0.3, 0.4) is 0 Å². The number of dihydropyridines is 1. The molecular formula is C37H44Cl2N4O5. The molecule has 1 saturated carbocycles. The smallest absolute Gasteiger partial charge is 0.336 e. The number of halogens is 2. The van der Waals surface area contributed by atoms with Gasteiger partial charge in [-0.2, -0.15) is 0 Å². The zero-order valence-electron chi connectivity index (χ0n) is 27.8. The number of rotatable bonds is 8. The first-order valence-corrected chi connectivity index (χ1v) is 17.5. The number of allylic oxidation sites excluding steroid dienone is 1. The molecule has 0 aromatic heterocycles. The number of hydrogen-bond donors (Lipinski definition) is 1. The Labute approximate surface area is 292 Å². The van der Waals surface area contributed by atoms with Gasteiger partial charge < -0.3 is 19.7 Å². The number of methoxy groups -OCH3 is 2. The number of piperazine rings is 1. The molecule has 6 rings (SSSR count). The van der Waals surface area contributed by atoms with Gasteiger partial charge in [0.05, 0.1) is 37.7 Å². The summed E-state index contributed by atoms with van der Waals surface area (Å²) in [7, 11) is 2.54. The zero-order valence-corrected chi connectivity index (χ0v) is 29.4. The van der Waals surface area contributed by atoms with Gasteiger partial charge in [-0.1, -0.05) is 66.0 Å². The second-order valence-electron chi connectivity index (χ2n) is 13.3. The van der Waals surface area contributed by atoms with Gasteiger partial charge in [0.2, 0.25) is 5.91 Å². The Bertz CT molecular complexity index is 1570. The van der Waals surface area contributed by atoms with Gasteiger partial charge in [0.15, 0.2) is 0 Å². The number of likely N-dealkylation sites (tertiary alicyclic amines) is 1. The number of carbonyl (C=O) groups is 3. The van der Waals surface area contributed by atoms with Crippen LogP contribution in [0, 0.1) is 11.8 Å². The number of nitrogens with zero attached hydrogens (tertiary/aromatic N) is 3. The molecule has 48 heavy (non-hydrogen) atoms. The lowest BCUT2D eigenvalue weighted by atomic mass is 9.72. The average molecular weight is 696 g/mol. The molecule has 2 saturated heterocycles. The van der Waals surface area contributed by atoms with E-state index >= 15 is 0 Å². The van der Waals surface area contributed by atoms with E-state index in [1.807, 2.05) is 4.90 Å². The van der Waals surface area contributed by atoms with E-state index in [0.29, 0.717) is 47.9 Å². The summed E-state index contributed by atoms with van der Waals surface area (Å²) in [6, 6.07) is 16.3. The van der Waals surface area contributed by atoms with E-state index in [9.17, 15) is 14.4 Å². The summed E-state index contributed by atoms with van der Waals surface area (Å²) in [5.74, 6) is -1.14. The first kappa shape index (κ1) is 34.5. The molecule has 1 amide bonds. The Morgan fingerprint density at radius 2 is 1.44 bits per heavy atom. The molecule has 2 aromatic rings. The Morgan fingerprint density at radius 1 is 0.833 bits per heavy atom. The topological polar surface area (TPSA) is 91.4 Å². The minimum atomic E-state index is -0.987. The minimum absolute atomic E-state index is 0.0715. The minimum Gasteiger partial charge on any atom is -0.466 e. The van der Waals surface area contributed by atoms with Crippen molar-refractivity contribution < 1.29 is 23.9 Å². The molecule has 3 heterocycles. The van der Waals surface area contributed by atoms with Crippen LogP contribution in [-0.4, -0.2) is 92.1 Å². The quantitative estimate of drug-likeness (QED) is 0.368. The van der Waals surface area contributed by atoms with Crippen LogP contribution in [-0.2, 0) is 30.4 Å². The van der Waals surface area contributed by atoms with Crippen LogP contribution < -0.4 is 5.32 Å².